The maximum absolute atomic E-state index is 6.26. The fourth-order valence-corrected chi connectivity index (χ4v) is 4.18. The number of ether oxygens (including phenoxy) is 1. The molecular formula is C16H33NOS. The summed E-state index contributed by atoms with van der Waals surface area (Å²) in [5.74, 6) is 1.74. The van der Waals surface area contributed by atoms with Crippen molar-refractivity contribution in [2.75, 3.05) is 12.3 Å². The molecule has 19 heavy (non-hydrogen) atoms. The van der Waals surface area contributed by atoms with Crippen molar-refractivity contribution in [1.29, 1.82) is 0 Å². The normalized spacial score (nSPS) is 27.5. The minimum Gasteiger partial charge on any atom is -0.369 e. The molecule has 114 valence electrons. The number of hydrogen-bond donors (Lipinski definition) is 1. The molecule has 0 amide bonds. The molecule has 1 heterocycles. The monoisotopic (exact) mass is 287 g/mol. The van der Waals surface area contributed by atoms with Crippen LogP contribution in [0.5, 0.6) is 0 Å². The molecule has 1 aliphatic heterocycles. The molecular weight excluding hydrogens is 254 g/mol. The van der Waals surface area contributed by atoms with Crippen molar-refractivity contribution in [2.45, 2.75) is 83.8 Å². The van der Waals surface area contributed by atoms with Gasteiger partial charge in [0.05, 0.1) is 11.2 Å². The average Bonchev–Trinajstić information content (AvgIpc) is 2.40. The molecule has 2 unspecified atom stereocenters. The van der Waals surface area contributed by atoms with Crippen molar-refractivity contribution < 1.29 is 4.74 Å². The molecule has 1 saturated heterocycles. The van der Waals surface area contributed by atoms with Crippen molar-refractivity contribution >= 4 is 11.8 Å². The minimum absolute atomic E-state index is 0.00817. The molecule has 1 N–H and O–H groups in total. The van der Waals surface area contributed by atoms with Crippen LogP contribution in [0.15, 0.2) is 0 Å². The highest BCUT2D eigenvalue weighted by atomic mass is 32.2. The molecule has 2 atom stereocenters. The van der Waals surface area contributed by atoms with E-state index in [0.717, 1.165) is 18.7 Å². The van der Waals surface area contributed by atoms with E-state index in [0.29, 0.717) is 16.7 Å². The van der Waals surface area contributed by atoms with E-state index in [1.54, 1.807) is 0 Å². The summed E-state index contributed by atoms with van der Waals surface area (Å²) in [6, 6.07) is 0.533. The van der Waals surface area contributed by atoms with Crippen LogP contribution in [0.1, 0.15) is 61.8 Å². The van der Waals surface area contributed by atoms with Crippen LogP contribution in [-0.4, -0.2) is 34.3 Å². The van der Waals surface area contributed by atoms with E-state index >= 15 is 0 Å². The number of nitrogens with one attached hydrogen (secondary N) is 1. The molecule has 0 saturated carbocycles. The third-order valence-electron chi connectivity index (χ3n) is 3.79. The first-order valence-corrected chi connectivity index (χ1v) is 8.53. The quantitative estimate of drug-likeness (QED) is 0.823. The first kappa shape index (κ1) is 17.3. The van der Waals surface area contributed by atoms with Crippen molar-refractivity contribution in [3.8, 4) is 0 Å². The smallest absolute Gasteiger partial charge is 0.0678 e. The fraction of sp³-hybridized carbons (Fsp3) is 1.00. The van der Waals surface area contributed by atoms with Crippen LogP contribution >= 0.6 is 11.8 Å². The highest BCUT2D eigenvalue weighted by Gasteiger charge is 2.48. The second-order valence-electron chi connectivity index (χ2n) is 7.86. The molecule has 0 aromatic carbocycles. The summed E-state index contributed by atoms with van der Waals surface area (Å²) in [5.41, 5.74) is -0.0248. The topological polar surface area (TPSA) is 21.3 Å². The maximum Gasteiger partial charge on any atom is 0.0678 e. The Morgan fingerprint density at radius 2 is 1.84 bits per heavy atom. The molecule has 3 heteroatoms. The molecule has 0 bridgehead atoms. The van der Waals surface area contributed by atoms with Crippen LogP contribution in [-0.2, 0) is 4.74 Å². The predicted octanol–water partition coefficient (Wildman–Crippen LogP) is 4.09. The number of hydrogen-bond acceptors (Lipinski definition) is 3. The summed E-state index contributed by atoms with van der Waals surface area (Å²) in [6.45, 7) is 19.0. The van der Waals surface area contributed by atoms with Gasteiger partial charge in [0.25, 0.3) is 0 Å². The lowest BCUT2D eigenvalue weighted by atomic mass is 9.82. The van der Waals surface area contributed by atoms with Gasteiger partial charge in [-0.1, -0.05) is 27.7 Å². The third-order valence-corrected chi connectivity index (χ3v) is 5.18. The van der Waals surface area contributed by atoms with Gasteiger partial charge in [0.15, 0.2) is 0 Å². The zero-order chi connectivity index (χ0) is 14.9. The molecule has 0 aromatic rings. The van der Waals surface area contributed by atoms with Gasteiger partial charge in [-0.05, 0) is 40.7 Å². The lowest BCUT2D eigenvalue weighted by molar-refractivity contribution is -0.0769. The van der Waals surface area contributed by atoms with Crippen LogP contribution < -0.4 is 5.32 Å². The Morgan fingerprint density at radius 3 is 2.21 bits per heavy atom. The highest BCUT2D eigenvalue weighted by molar-refractivity contribution is 8.00. The van der Waals surface area contributed by atoms with Gasteiger partial charge in [-0.2, -0.15) is 11.8 Å². The zero-order valence-corrected chi connectivity index (χ0v) is 14.9. The molecule has 1 aliphatic rings. The highest BCUT2D eigenvalue weighted by Crippen LogP contribution is 2.44. The standard InChI is InChI=1S/C16H33NOS/c1-9-17-13(11-19-14(2,3)4)12-10-15(5,6)18-16(12,7)8/h12-13,17H,9-11H2,1-8H3. The molecule has 1 fully saturated rings. The molecule has 2 nitrogen and oxygen atoms in total. The summed E-state index contributed by atoms with van der Waals surface area (Å²) < 4.78 is 6.58. The van der Waals surface area contributed by atoms with Gasteiger partial charge in [-0.25, -0.2) is 0 Å². The van der Waals surface area contributed by atoms with Crippen molar-refractivity contribution in [2.24, 2.45) is 5.92 Å². The van der Waals surface area contributed by atoms with Gasteiger partial charge < -0.3 is 10.1 Å². The summed E-state index contributed by atoms with van der Waals surface area (Å²) in [4.78, 5) is 0. The van der Waals surface area contributed by atoms with Crippen molar-refractivity contribution in [3.63, 3.8) is 0 Å². The second-order valence-corrected chi connectivity index (χ2v) is 9.71. The lowest BCUT2D eigenvalue weighted by Gasteiger charge is -2.34. The van der Waals surface area contributed by atoms with Crippen molar-refractivity contribution in [3.05, 3.63) is 0 Å². The Labute approximate surface area is 124 Å². The molecule has 0 radical (unpaired) electrons. The number of rotatable bonds is 5. The lowest BCUT2D eigenvalue weighted by Crippen LogP contribution is -2.46. The van der Waals surface area contributed by atoms with Gasteiger partial charge >= 0.3 is 0 Å². The van der Waals surface area contributed by atoms with E-state index in [1.807, 2.05) is 0 Å². The molecule has 1 rings (SSSR count). The van der Waals surface area contributed by atoms with Gasteiger partial charge in [0.1, 0.15) is 0 Å². The Kier molecular flexibility index (Phi) is 5.42. The summed E-state index contributed by atoms with van der Waals surface area (Å²) in [7, 11) is 0. The summed E-state index contributed by atoms with van der Waals surface area (Å²) in [6.07, 6.45) is 1.14. The van der Waals surface area contributed by atoms with Crippen LogP contribution in [0.25, 0.3) is 0 Å². The Bertz CT molecular complexity index is 294. The van der Waals surface area contributed by atoms with Crippen LogP contribution in [0.2, 0.25) is 0 Å². The van der Waals surface area contributed by atoms with E-state index in [1.165, 1.54) is 0 Å². The Morgan fingerprint density at radius 1 is 1.26 bits per heavy atom. The van der Waals surface area contributed by atoms with Gasteiger partial charge in [-0.15, -0.1) is 0 Å². The first-order valence-electron chi connectivity index (χ1n) is 7.54. The average molecular weight is 288 g/mol. The van der Waals surface area contributed by atoms with Crippen LogP contribution in [0.3, 0.4) is 0 Å². The third kappa shape index (κ3) is 5.28. The fourth-order valence-electron chi connectivity index (χ4n) is 3.15. The van der Waals surface area contributed by atoms with Gasteiger partial charge in [-0.3, -0.25) is 0 Å². The van der Waals surface area contributed by atoms with E-state index in [4.69, 9.17) is 4.74 Å². The number of thioether (sulfide) groups is 1. The van der Waals surface area contributed by atoms with E-state index < -0.39 is 0 Å². The van der Waals surface area contributed by atoms with E-state index in [2.05, 4.69) is 72.5 Å². The predicted molar refractivity (Wildman–Crippen MR) is 87.0 cm³/mol. The summed E-state index contributed by atoms with van der Waals surface area (Å²) >= 11 is 2.05. The SMILES string of the molecule is CCNC(CSC(C)(C)C)C1CC(C)(C)OC1(C)C. The van der Waals surface area contributed by atoms with Gasteiger partial charge in [0, 0.05) is 22.5 Å². The minimum atomic E-state index is -0.0330. The molecule has 0 spiro atoms. The Balaban J connectivity index is 2.75. The van der Waals surface area contributed by atoms with E-state index in [-0.39, 0.29) is 11.2 Å². The maximum atomic E-state index is 6.26. The van der Waals surface area contributed by atoms with Crippen molar-refractivity contribution in [1.82, 2.24) is 5.32 Å². The Hall–Kier alpha value is 0.270. The summed E-state index contributed by atoms with van der Waals surface area (Å²) in [5, 5.41) is 3.69. The first-order chi connectivity index (χ1) is 8.47. The van der Waals surface area contributed by atoms with Gasteiger partial charge in [0.2, 0.25) is 0 Å². The van der Waals surface area contributed by atoms with Crippen LogP contribution in [0, 0.1) is 5.92 Å². The molecule has 0 aromatic heterocycles. The molecule has 0 aliphatic carbocycles. The van der Waals surface area contributed by atoms with Crippen LogP contribution in [0.4, 0.5) is 0 Å². The van der Waals surface area contributed by atoms with E-state index in [9.17, 15) is 0 Å². The second kappa shape index (κ2) is 5.95. The largest absolute Gasteiger partial charge is 0.369 e. The zero-order valence-electron chi connectivity index (χ0n) is 14.1.